The van der Waals surface area contributed by atoms with Crippen LogP contribution in [0.2, 0.25) is 5.02 Å². The monoisotopic (exact) mass is 753 g/mol. The fraction of sp³-hybridized carbons (Fsp3) is 0.417. The van der Waals surface area contributed by atoms with Crippen molar-refractivity contribution in [3.05, 3.63) is 80.8 Å². The number of nitrogens with zero attached hydrogens (tertiary/aromatic N) is 3. The van der Waals surface area contributed by atoms with E-state index >= 15 is 0 Å². The van der Waals surface area contributed by atoms with Crippen LogP contribution in [-0.2, 0) is 25.6 Å². The molecule has 0 spiro atoms. The Bertz CT molecular complexity index is 1790. The highest BCUT2D eigenvalue weighted by Gasteiger charge is 2.31. The number of benzene rings is 2. The van der Waals surface area contributed by atoms with Gasteiger partial charge in [0, 0.05) is 30.5 Å². The van der Waals surface area contributed by atoms with Gasteiger partial charge in [0.25, 0.3) is 11.8 Å². The van der Waals surface area contributed by atoms with Crippen molar-refractivity contribution < 1.29 is 33.5 Å². The van der Waals surface area contributed by atoms with Gasteiger partial charge in [0.15, 0.2) is 0 Å². The number of methoxy groups -OCH3 is 1. The van der Waals surface area contributed by atoms with Gasteiger partial charge in [-0.25, -0.2) is 4.98 Å². The van der Waals surface area contributed by atoms with Gasteiger partial charge in [-0.3, -0.25) is 28.8 Å². The van der Waals surface area contributed by atoms with Gasteiger partial charge in [-0.15, -0.1) is 11.3 Å². The van der Waals surface area contributed by atoms with Gasteiger partial charge in [0.1, 0.15) is 34.6 Å². The predicted octanol–water partition coefficient (Wildman–Crippen LogP) is 2.58. The molecular formula is C36H44ClN7O7S. The molecule has 1 aromatic heterocycles. The van der Waals surface area contributed by atoms with Gasteiger partial charge in [-0.1, -0.05) is 55.8 Å². The van der Waals surface area contributed by atoms with E-state index in [1.54, 1.807) is 26.0 Å². The number of amides is 6. The summed E-state index contributed by atoms with van der Waals surface area (Å²) in [6, 6.07) is 10.2. The van der Waals surface area contributed by atoms with Crippen molar-refractivity contribution in [2.75, 3.05) is 33.8 Å². The molecule has 2 bridgehead atoms. The number of fused-ring (bicyclic) bond motifs is 2. The molecule has 6 amide bonds. The van der Waals surface area contributed by atoms with E-state index < -0.39 is 66.2 Å². The lowest BCUT2D eigenvalue weighted by Gasteiger charge is -2.29. The molecule has 0 fully saturated rings. The minimum Gasteiger partial charge on any atom is -0.496 e. The second-order valence-corrected chi connectivity index (χ2v) is 14.2. The van der Waals surface area contributed by atoms with Crippen molar-refractivity contribution in [3.8, 4) is 5.75 Å². The molecule has 0 radical (unpaired) electrons. The maximum Gasteiger partial charge on any atom is 0.271 e. The third-order valence-corrected chi connectivity index (χ3v) is 9.68. The van der Waals surface area contributed by atoms with Crippen LogP contribution in [0.4, 0.5) is 0 Å². The standard InChI is InChI=1S/C36H44ClN7O7S/c1-20(2)30-33(48)39-22(4)35(49)43(5)14-15-44(36(50)25-17-24(37)12-13-28(25)51-6)18-29(45)40-26(16-23-10-8-7-9-11-23)34-41-27(19-52-34)32(47)38-21(3)31(46)42-30/h7-13,17,19-22,26,30H,14-16,18H2,1-6H3,(H,38,47)(H,39,48)(H,40,45)(H,42,46)/t21-,22+,26-,30-/m0/s1. The molecular weight excluding hydrogens is 710 g/mol. The Balaban J connectivity index is 1.72. The lowest BCUT2D eigenvalue weighted by Crippen LogP contribution is -2.57. The first-order valence-corrected chi connectivity index (χ1v) is 18.0. The molecule has 1 aliphatic heterocycles. The number of rotatable bonds is 5. The zero-order valence-electron chi connectivity index (χ0n) is 29.9. The molecule has 1 aliphatic rings. The molecule has 52 heavy (non-hydrogen) atoms. The summed E-state index contributed by atoms with van der Waals surface area (Å²) >= 11 is 7.40. The Labute approximate surface area is 311 Å². The maximum absolute atomic E-state index is 14.0. The second kappa shape index (κ2) is 18.0. The lowest BCUT2D eigenvalue weighted by molar-refractivity contribution is -0.136. The van der Waals surface area contributed by atoms with Crippen LogP contribution in [-0.4, -0.2) is 102 Å². The van der Waals surface area contributed by atoms with Gasteiger partial charge in [0.05, 0.1) is 25.3 Å². The molecule has 278 valence electrons. The average molecular weight is 754 g/mol. The Morgan fingerprint density at radius 1 is 0.962 bits per heavy atom. The van der Waals surface area contributed by atoms with Crippen molar-refractivity contribution in [1.82, 2.24) is 36.1 Å². The zero-order valence-corrected chi connectivity index (χ0v) is 31.5. The van der Waals surface area contributed by atoms with Gasteiger partial charge in [0.2, 0.25) is 23.6 Å². The molecule has 2 aromatic carbocycles. The van der Waals surface area contributed by atoms with E-state index in [2.05, 4.69) is 26.3 Å². The normalized spacial score (nSPS) is 21.4. The van der Waals surface area contributed by atoms with Crippen molar-refractivity contribution in [2.45, 2.75) is 58.3 Å². The van der Waals surface area contributed by atoms with E-state index in [0.717, 1.165) is 16.9 Å². The molecule has 0 saturated heterocycles. The predicted molar refractivity (Wildman–Crippen MR) is 196 cm³/mol. The summed E-state index contributed by atoms with van der Waals surface area (Å²) in [5.41, 5.74) is 1.05. The third-order valence-electron chi connectivity index (χ3n) is 8.48. The molecule has 14 nitrogen and oxygen atoms in total. The minimum absolute atomic E-state index is 0.000129. The summed E-state index contributed by atoms with van der Waals surface area (Å²) in [5, 5.41) is 13.2. The molecule has 16 heteroatoms. The zero-order chi connectivity index (χ0) is 38.1. The SMILES string of the molecule is COc1ccc(Cl)cc1C(=O)N1CCN(C)C(=O)[C@@H](C)NC(=O)[C@H](C(C)C)NC(=O)[C@H](C)NC(=O)c2csc(n2)[C@H](Cc2ccccc2)NC(=O)C1. The van der Waals surface area contributed by atoms with Gasteiger partial charge >= 0.3 is 0 Å². The molecule has 4 atom stereocenters. The number of carbonyl (C=O) groups is 6. The van der Waals surface area contributed by atoms with Crippen molar-refractivity contribution in [2.24, 2.45) is 5.92 Å². The van der Waals surface area contributed by atoms with E-state index in [0.29, 0.717) is 11.4 Å². The maximum atomic E-state index is 14.0. The Morgan fingerprint density at radius 3 is 2.35 bits per heavy atom. The van der Waals surface area contributed by atoms with Crippen LogP contribution in [0.5, 0.6) is 5.75 Å². The number of aromatic nitrogens is 1. The van der Waals surface area contributed by atoms with E-state index in [1.165, 1.54) is 49.3 Å². The Hall–Kier alpha value is -5.02. The highest BCUT2D eigenvalue weighted by atomic mass is 35.5. The van der Waals surface area contributed by atoms with E-state index in [4.69, 9.17) is 16.3 Å². The number of halogens is 1. The average Bonchev–Trinajstić information content (AvgIpc) is 3.61. The summed E-state index contributed by atoms with van der Waals surface area (Å²) in [6.07, 6.45) is 0.322. The lowest BCUT2D eigenvalue weighted by atomic mass is 10.0. The number of thiazole rings is 1. The number of carbonyl (C=O) groups excluding carboxylic acids is 6. The summed E-state index contributed by atoms with van der Waals surface area (Å²) in [4.78, 5) is 88.1. The molecule has 0 aliphatic carbocycles. The number of ether oxygens (including phenoxy) is 1. The van der Waals surface area contributed by atoms with Crippen LogP contribution in [0.15, 0.2) is 53.9 Å². The fourth-order valence-electron chi connectivity index (χ4n) is 5.51. The highest BCUT2D eigenvalue weighted by Crippen LogP contribution is 2.25. The molecule has 4 rings (SSSR count). The quantitative estimate of drug-likeness (QED) is 0.307. The summed E-state index contributed by atoms with van der Waals surface area (Å²) in [7, 11) is 2.93. The number of nitrogens with one attached hydrogen (secondary N) is 4. The van der Waals surface area contributed by atoms with Crippen molar-refractivity contribution in [3.63, 3.8) is 0 Å². The molecule has 4 N–H and O–H groups in total. The Morgan fingerprint density at radius 2 is 1.67 bits per heavy atom. The number of hydrogen-bond acceptors (Lipinski definition) is 9. The van der Waals surface area contributed by atoms with Crippen molar-refractivity contribution in [1.29, 1.82) is 0 Å². The van der Waals surface area contributed by atoms with Crippen LogP contribution in [0.3, 0.4) is 0 Å². The van der Waals surface area contributed by atoms with E-state index in [-0.39, 0.29) is 41.0 Å². The van der Waals surface area contributed by atoms with E-state index in [1.807, 2.05) is 30.3 Å². The molecule has 0 unspecified atom stereocenters. The number of likely N-dealkylation sites (N-methyl/N-ethyl adjacent to an activating group) is 1. The summed E-state index contributed by atoms with van der Waals surface area (Å²) in [5.74, 6) is -3.48. The molecule has 2 heterocycles. The van der Waals surface area contributed by atoms with Crippen LogP contribution in [0, 0.1) is 5.92 Å². The van der Waals surface area contributed by atoms with Gasteiger partial charge in [-0.05, 0) is 49.9 Å². The van der Waals surface area contributed by atoms with Crippen LogP contribution in [0.1, 0.15) is 65.2 Å². The molecule has 0 saturated carbocycles. The first-order chi connectivity index (χ1) is 24.7. The second-order valence-electron chi connectivity index (χ2n) is 12.9. The topological polar surface area (TPSA) is 179 Å². The van der Waals surface area contributed by atoms with E-state index in [9.17, 15) is 28.8 Å². The van der Waals surface area contributed by atoms with Crippen LogP contribution < -0.4 is 26.0 Å². The smallest absolute Gasteiger partial charge is 0.271 e. The minimum atomic E-state index is -1.03. The first-order valence-electron chi connectivity index (χ1n) is 16.8. The Kier molecular flexibility index (Phi) is 13.7. The fourth-order valence-corrected chi connectivity index (χ4v) is 6.53. The van der Waals surface area contributed by atoms with Crippen LogP contribution in [0.25, 0.3) is 0 Å². The van der Waals surface area contributed by atoms with Gasteiger partial charge < -0.3 is 35.8 Å². The third kappa shape index (κ3) is 10.3. The van der Waals surface area contributed by atoms with Crippen LogP contribution >= 0.6 is 22.9 Å². The van der Waals surface area contributed by atoms with Crippen molar-refractivity contribution >= 4 is 58.4 Å². The summed E-state index contributed by atoms with van der Waals surface area (Å²) in [6.45, 7) is 6.00. The summed E-state index contributed by atoms with van der Waals surface area (Å²) < 4.78 is 5.41. The first kappa shape index (κ1) is 39.8. The number of hydrogen-bond donors (Lipinski definition) is 4. The molecule has 3 aromatic rings. The largest absolute Gasteiger partial charge is 0.496 e. The highest BCUT2D eigenvalue weighted by molar-refractivity contribution is 7.09. The van der Waals surface area contributed by atoms with Gasteiger partial charge in [-0.2, -0.15) is 0 Å².